The fraction of sp³-hybridized carbons (Fsp3) is 0.542. The zero-order valence-electron chi connectivity index (χ0n) is 21.8. The van der Waals surface area contributed by atoms with Crippen molar-refractivity contribution in [3.63, 3.8) is 0 Å². The Hall–Kier alpha value is -2.63. The Morgan fingerprint density at radius 1 is 1.31 bits per heavy atom. The normalized spacial score (nSPS) is 15.0. The van der Waals surface area contributed by atoms with Gasteiger partial charge in [0.1, 0.15) is 0 Å². The summed E-state index contributed by atoms with van der Waals surface area (Å²) in [7, 11) is -1.94. The van der Waals surface area contributed by atoms with Crippen molar-refractivity contribution in [3.05, 3.63) is 34.1 Å². The molecule has 0 saturated heterocycles. The Morgan fingerprint density at radius 2 is 2.03 bits per heavy atom. The molecule has 35 heavy (non-hydrogen) atoms. The molecule has 11 heteroatoms. The number of hydrogen-bond donors (Lipinski definition) is 2. The van der Waals surface area contributed by atoms with Crippen molar-refractivity contribution in [2.45, 2.75) is 78.1 Å². The van der Waals surface area contributed by atoms with Gasteiger partial charge in [0.15, 0.2) is 19.1 Å². The Labute approximate surface area is 211 Å². The third-order valence-electron chi connectivity index (χ3n) is 7.00. The molecule has 1 aliphatic carbocycles. The van der Waals surface area contributed by atoms with Crippen molar-refractivity contribution >= 4 is 36.6 Å². The van der Waals surface area contributed by atoms with E-state index in [1.54, 1.807) is 6.20 Å². The second kappa shape index (κ2) is 8.79. The number of nitrogen functional groups attached to an aromatic ring is 1. The maximum Gasteiger partial charge on any atom is 0.278 e. The second-order valence-corrected chi connectivity index (χ2v) is 17.0. The lowest BCUT2D eigenvalue weighted by Gasteiger charge is -2.36. The van der Waals surface area contributed by atoms with Crippen molar-refractivity contribution in [2.24, 2.45) is 0 Å². The lowest BCUT2D eigenvalue weighted by molar-refractivity contribution is 0.101. The van der Waals surface area contributed by atoms with Crippen molar-refractivity contribution in [1.82, 2.24) is 24.7 Å². The third kappa shape index (κ3) is 4.89. The summed E-state index contributed by atoms with van der Waals surface area (Å²) in [4.78, 5) is 26.6. The van der Waals surface area contributed by atoms with E-state index in [4.69, 9.17) is 15.3 Å². The van der Waals surface area contributed by atoms with Crippen LogP contribution in [0.4, 0.5) is 11.1 Å². The lowest BCUT2D eigenvalue weighted by atomic mass is 9.73. The predicted octanol–water partition coefficient (Wildman–Crippen LogP) is 4.80. The number of carbonyl (C=O) groups is 1. The highest BCUT2D eigenvalue weighted by molar-refractivity contribution is 7.13. The number of amides is 1. The molecule has 0 unspecified atom stereocenters. The molecule has 0 radical (unpaired) electrons. The third-order valence-corrected chi connectivity index (χ3v) is 12.4. The molecule has 0 saturated carbocycles. The molecule has 0 aliphatic heterocycles. The molecule has 188 valence electrons. The van der Waals surface area contributed by atoms with E-state index in [2.05, 4.69) is 68.0 Å². The fourth-order valence-corrected chi connectivity index (χ4v) is 5.87. The van der Waals surface area contributed by atoms with Gasteiger partial charge in [0.25, 0.3) is 5.91 Å². The van der Waals surface area contributed by atoms with Gasteiger partial charge in [0.05, 0.1) is 30.2 Å². The van der Waals surface area contributed by atoms with Crippen LogP contribution in [0, 0.1) is 6.92 Å². The first-order valence-corrected chi connectivity index (χ1v) is 15.6. The first-order valence-electron chi connectivity index (χ1n) is 11.8. The van der Waals surface area contributed by atoms with Gasteiger partial charge >= 0.3 is 0 Å². The maximum absolute atomic E-state index is 13.4. The van der Waals surface area contributed by atoms with E-state index >= 15 is 0 Å². The highest BCUT2D eigenvalue weighted by Crippen LogP contribution is 2.44. The highest BCUT2D eigenvalue weighted by Gasteiger charge is 2.41. The number of aromatic nitrogens is 5. The Bertz CT molecular complexity index is 1270. The Morgan fingerprint density at radius 3 is 2.66 bits per heavy atom. The number of hydrogen-bond acceptors (Lipinski definition) is 8. The number of nitrogens with two attached hydrogens (primary N) is 1. The number of nitrogens with zero attached hydrogens (tertiary/aromatic N) is 5. The van der Waals surface area contributed by atoms with Gasteiger partial charge in [-0.15, -0.1) is 11.3 Å². The van der Waals surface area contributed by atoms with Gasteiger partial charge in [-0.2, -0.15) is 5.10 Å². The first kappa shape index (κ1) is 25.5. The van der Waals surface area contributed by atoms with Crippen molar-refractivity contribution in [2.75, 3.05) is 17.7 Å². The molecule has 4 rings (SSSR count). The minimum absolute atomic E-state index is 0.101. The number of fused-ring (bicyclic) bond motifs is 3. The van der Waals surface area contributed by atoms with E-state index in [0.29, 0.717) is 30.4 Å². The van der Waals surface area contributed by atoms with Crippen LogP contribution >= 0.6 is 11.3 Å². The zero-order valence-corrected chi connectivity index (χ0v) is 23.6. The standard InChI is InChI=1S/C24H35N7O2SSi/c1-14-13-34-22(27-14)29-20(32)18-16-19(17-15(11-24(16,5)6)12-26-21(25)28-17)31(30-18)9-10-33-35(7,8)23(2,3)4/h12-13H,9-11H2,1-8H3,(H2,25,26,28)(H,27,29,32). The Kier molecular flexibility index (Phi) is 6.39. The molecule has 0 atom stereocenters. The second-order valence-electron chi connectivity index (χ2n) is 11.3. The molecule has 0 fully saturated rings. The number of nitrogens with one attached hydrogen (secondary N) is 1. The van der Waals surface area contributed by atoms with Crippen molar-refractivity contribution < 1.29 is 9.22 Å². The molecular formula is C24H35N7O2SSi. The van der Waals surface area contributed by atoms with Crippen LogP contribution in [0.15, 0.2) is 11.6 Å². The predicted molar refractivity (Wildman–Crippen MR) is 142 cm³/mol. The van der Waals surface area contributed by atoms with E-state index in [1.807, 2.05) is 17.0 Å². The SMILES string of the molecule is Cc1csc(NC(=O)c2nn(CCO[Si](C)(C)C(C)(C)C)c3c2C(C)(C)Cc2cnc(N)nc2-3)n1. The van der Waals surface area contributed by atoms with Crippen LogP contribution in [0.2, 0.25) is 18.1 Å². The zero-order chi connectivity index (χ0) is 25.8. The van der Waals surface area contributed by atoms with Crippen LogP contribution in [-0.4, -0.2) is 45.6 Å². The monoisotopic (exact) mass is 513 g/mol. The summed E-state index contributed by atoms with van der Waals surface area (Å²) in [5.41, 5.74) is 10.3. The molecule has 0 bridgehead atoms. The largest absolute Gasteiger partial charge is 0.415 e. The molecule has 9 nitrogen and oxygen atoms in total. The number of thiazole rings is 1. The van der Waals surface area contributed by atoms with E-state index in [-0.39, 0.29) is 22.3 Å². The molecule has 0 aromatic carbocycles. The lowest BCUT2D eigenvalue weighted by Crippen LogP contribution is -2.41. The molecule has 3 aromatic heterocycles. The highest BCUT2D eigenvalue weighted by atomic mass is 32.1. The summed E-state index contributed by atoms with van der Waals surface area (Å²) in [6, 6.07) is 0. The molecule has 3 aromatic rings. The van der Waals surface area contributed by atoms with Gasteiger partial charge < -0.3 is 10.2 Å². The minimum atomic E-state index is -1.94. The van der Waals surface area contributed by atoms with Crippen LogP contribution in [0.1, 0.15) is 61.9 Å². The van der Waals surface area contributed by atoms with Crippen molar-refractivity contribution in [1.29, 1.82) is 0 Å². The molecule has 1 amide bonds. The van der Waals surface area contributed by atoms with Crippen LogP contribution in [0.25, 0.3) is 11.4 Å². The average molecular weight is 514 g/mol. The summed E-state index contributed by atoms with van der Waals surface area (Å²) in [5.74, 6) is -0.0813. The summed E-state index contributed by atoms with van der Waals surface area (Å²) >= 11 is 1.40. The van der Waals surface area contributed by atoms with Gasteiger partial charge in [0.2, 0.25) is 5.95 Å². The number of carbonyl (C=O) groups excluding carboxylic acids is 1. The van der Waals surface area contributed by atoms with Crippen LogP contribution in [-0.2, 0) is 22.8 Å². The van der Waals surface area contributed by atoms with Crippen LogP contribution in [0.5, 0.6) is 0 Å². The van der Waals surface area contributed by atoms with Crippen LogP contribution in [0.3, 0.4) is 0 Å². The van der Waals surface area contributed by atoms with E-state index in [1.165, 1.54) is 11.3 Å². The molecule has 3 heterocycles. The average Bonchev–Trinajstić information content (AvgIpc) is 3.32. The summed E-state index contributed by atoms with van der Waals surface area (Å²) in [6.45, 7) is 18.2. The number of aryl methyl sites for hydroxylation is 1. The first-order chi connectivity index (χ1) is 16.2. The van der Waals surface area contributed by atoms with E-state index in [0.717, 1.165) is 28.2 Å². The van der Waals surface area contributed by atoms with E-state index < -0.39 is 8.32 Å². The minimum Gasteiger partial charge on any atom is -0.415 e. The van der Waals surface area contributed by atoms with Crippen LogP contribution < -0.4 is 11.1 Å². The number of anilines is 2. The topological polar surface area (TPSA) is 121 Å². The van der Waals surface area contributed by atoms with Gasteiger partial charge in [0, 0.05) is 17.1 Å². The van der Waals surface area contributed by atoms with Gasteiger partial charge in [-0.3, -0.25) is 14.8 Å². The summed E-state index contributed by atoms with van der Waals surface area (Å²) in [5, 5.41) is 10.3. The smallest absolute Gasteiger partial charge is 0.278 e. The summed E-state index contributed by atoms with van der Waals surface area (Å²) in [6.07, 6.45) is 2.46. The van der Waals surface area contributed by atoms with Gasteiger partial charge in [-0.25, -0.2) is 15.0 Å². The van der Waals surface area contributed by atoms with Gasteiger partial charge in [-0.1, -0.05) is 34.6 Å². The summed E-state index contributed by atoms with van der Waals surface area (Å²) < 4.78 is 8.29. The Balaban J connectivity index is 1.77. The van der Waals surface area contributed by atoms with Crippen molar-refractivity contribution in [3.8, 4) is 11.4 Å². The fourth-order valence-electron chi connectivity index (χ4n) is 4.16. The molecule has 1 aliphatic rings. The maximum atomic E-state index is 13.4. The molecule has 0 spiro atoms. The van der Waals surface area contributed by atoms with E-state index in [9.17, 15) is 4.79 Å². The van der Waals surface area contributed by atoms with Gasteiger partial charge in [-0.05, 0) is 42.5 Å². The molecular weight excluding hydrogens is 478 g/mol. The number of rotatable bonds is 6. The molecule has 3 N–H and O–H groups in total. The quantitative estimate of drug-likeness (QED) is 0.454.